The molecule has 1 atom stereocenters. The summed E-state index contributed by atoms with van der Waals surface area (Å²) in [5, 5.41) is 7.66. The average molecular weight is 339 g/mol. The van der Waals surface area contributed by atoms with Crippen LogP contribution in [0.15, 0.2) is 30.3 Å². The summed E-state index contributed by atoms with van der Waals surface area (Å²) in [6.07, 6.45) is 0.904. The summed E-state index contributed by atoms with van der Waals surface area (Å²) < 4.78 is 5.57. The Morgan fingerprint density at radius 1 is 1.28 bits per heavy atom. The van der Waals surface area contributed by atoms with Crippen molar-refractivity contribution in [3.63, 3.8) is 0 Å². The molecule has 132 valence electrons. The lowest BCUT2D eigenvalue weighted by Gasteiger charge is -2.41. The second kappa shape index (κ2) is 6.64. The van der Waals surface area contributed by atoms with E-state index in [-0.39, 0.29) is 17.7 Å². The molecule has 0 radical (unpaired) electrons. The summed E-state index contributed by atoms with van der Waals surface area (Å²) in [4.78, 5) is 15.0. The first-order valence-electron chi connectivity index (χ1n) is 9.12. The number of aromatic nitrogens is 2. The van der Waals surface area contributed by atoms with Gasteiger partial charge in [-0.05, 0) is 11.5 Å². The highest BCUT2D eigenvalue weighted by Gasteiger charge is 2.39. The van der Waals surface area contributed by atoms with E-state index in [1.807, 2.05) is 23.1 Å². The summed E-state index contributed by atoms with van der Waals surface area (Å²) in [5.41, 5.74) is 4.62. The topological polar surface area (TPSA) is 58.2 Å². The van der Waals surface area contributed by atoms with Crippen LogP contribution in [0.3, 0.4) is 0 Å². The number of carbonyl (C=O) groups is 1. The van der Waals surface area contributed by atoms with E-state index in [4.69, 9.17) is 4.74 Å². The first-order valence-corrected chi connectivity index (χ1v) is 9.12. The van der Waals surface area contributed by atoms with Gasteiger partial charge in [-0.1, -0.05) is 44.2 Å². The van der Waals surface area contributed by atoms with Crippen molar-refractivity contribution in [3.8, 4) is 0 Å². The number of H-pyrrole nitrogens is 1. The maximum Gasteiger partial charge on any atom is 0.230 e. The maximum atomic E-state index is 13.0. The minimum absolute atomic E-state index is 0.0708. The third kappa shape index (κ3) is 2.97. The fourth-order valence-electron chi connectivity index (χ4n) is 3.97. The molecular formula is C20H25N3O2. The Labute approximate surface area is 148 Å². The largest absolute Gasteiger partial charge is 0.376 e. The molecule has 5 nitrogen and oxygen atoms in total. The zero-order valence-electron chi connectivity index (χ0n) is 14.9. The van der Waals surface area contributed by atoms with E-state index in [1.165, 1.54) is 11.3 Å². The molecule has 3 heterocycles. The molecule has 0 bridgehead atoms. The molecule has 1 N–H and O–H groups in total. The van der Waals surface area contributed by atoms with Crippen molar-refractivity contribution in [2.75, 3.05) is 19.7 Å². The number of rotatable bonds is 4. The molecule has 1 amide bonds. The van der Waals surface area contributed by atoms with Gasteiger partial charge >= 0.3 is 0 Å². The Bertz CT molecular complexity index is 748. The predicted molar refractivity (Wildman–Crippen MR) is 95.3 cm³/mol. The molecule has 1 unspecified atom stereocenters. The quantitative estimate of drug-likeness (QED) is 0.932. The number of likely N-dealkylation sites (tertiary alicyclic amines) is 1. The van der Waals surface area contributed by atoms with Gasteiger partial charge in [0.15, 0.2) is 0 Å². The van der Waals surface area contributed by atoms with Crippen molar-refractivity contribution in [1.82, 2.24) is 15.1 Å². The molecule has 1 aromatic carbocycles. The van der Waals surface area contributed by atoms with E-state index in [2.05, 4.69) is 36.2 Å². The molecule has 1 saturated heterocycles. The van der Waals surface area contributed by atoms with E-state index in [1.54, 1.807) is 0 Å². The normalized spacial score (nSPS) is 18.8. The van der Waals surface area contributed by atoms with E-state index in [0.29, 0.717) is 12.5 Å². The number of ether oxygens (including phenoxy) is 1. The number of fused-ring (bicyclic) bond motifs is 1. The minimum Gasteiger partial charge on any atom is -0.376 e. The Morgan fingerprint density at radius 3 is 2.76 bits per heavy atom. The van der Waals surface area contributed by atoms with Gasteiger partial charge in [-0.3, -0.25) is 9.89 Å². The molecular weight excluding hydrogens is 314 g/mol. The molecule has 2 aromatic rings. The van der Waals surface area contributed by atoms with E-state index in [9.17, 15) is 4.79 Å². The lowest BCUT2D eigenvalue weighted by molar-refractivity contribution is -0.138. The third-order valence-electron chi connectivity index (χ3n) is 5.40. The van der Waals surface area contributed by atoms with Crippen LogP contribution < -0.4 is 0 Å². The van der Waals surface area contributed by atoms with E-state index < -0.39 is 0 Å². The molecule has 4 rings (SSSR count). The molecule has 0 saturated carbocycles. The van der Waals surface area contributed by atoms with Gasteiger partial charge in [0.2, 0.25) is 5.91 Å². The fourth-order valence-corrected chi connectivity index (χ4v) is 3.97. The number of hydrogen-bond acceptors (Lipinski definition) is 3. The average Bonchev–Trinajstić information content (AvgIpc) is 2.98. The van der Waals surface area contributed by atoms with Gasteiger partial charge in [0, 0.05) is 36.7 Å². The molecule has 1 aromatic heterocycles. The predicted octanol–water partition coefficient (Wildman–Crippen LogP) is 2.85. The molecule has 5 heteroatoms. The van der Waals surface area contributed by atoms with Crippen LogP contribution in [0.2, 0.25) is 0 Å². The van der Waals surface area contributed by atoms with Crippen molar-refractivity contribution >= 4 is 5.91 Å². The molecule has 0 aliphatic carbocycles. The smallest absolute Gasteiger partial charge is 0.230 e. The van der Waals surface area contributed by atoms with Crippen molar-refractivity contribution in [2.24, 2.45) is 5.92 Å². The summed E-state index contributed by atoms with van der Waals surface area (Å²) in [7, 11) is 0. The summed E-state index contributed by atoms with van der Waals surface area (Å²) in [6, 6.07) is 10.1. The van der Waals surface area contributed by atoms with Crippen LogP contribution in [0.1, 0.15) is 48.2 Å². The van der Waals surface area contributed by atoms with E-state index >= 15 is 0 Å². The Balaban J connectivity index is 1.46. The number of hydrogen-bond donors (Lipinski definition) is 1. The lowest BCUT2D eigenvalue weighted by Crippen LogP contribution is -2.51. The first kappa shape index (κ1) is 16.3. The molecule has 2 aliphatic heterocycles. The van der Waals surface area contributed by atoms with Gasteiger partial charge in [-0.2, -0.15) is 5.10 Å². The van der Waals surface area contributed by atoms with Gasteiger partial charge in [0.25, 0.3) is 0 Å². The highest BCUT2D eigenvalue weighted by atomic mass is 16.5. The van der Waals surface area contributed by atoms with Crippen LogP contribution in [-0.4, -0.2) is 40.7 Å². The van der Waals surface area contributed by atoms with Crippen molar-refractivity contribution < 1.29 is 9.53 Å². The zero-order chi connectivity index (χ0) is 17.4. The van der Waals surface area contributed by atoms with Gasteiger partial charge in [0.1, 0.15) is 0 Å². The number of nitrogens with zero attached hydrogens (tertiary/aromatic N) is 2. The highest BCUT2D eigenvalue weighted by Crippen LogP contribution is 2.35. The van der Waals surface area contributed by atoms with Crippen LogP contribution in [0, 0.1) is 5.92 Å². The van der Waals surface area contributed by atoms with Gasteiger partial charge in [0.05, 0.1) is 24.8 Å². The van der Waals surface area contributed by atoms with Crippen LogP contribution in [0.25, 0.3) is 0 Å². The number of benzene rings is 1. The van der Waals surface area contributed by atoms with Gasteiger partial charge in [-0.25, -0.2) is 0 Å². The van der Waals surface area contributed by atoms with Crippen LogP contribution >= 0.6 is 0 Å². The zero-order valence-corrected chi connectivity index (χ0v) is 14.9. The standard InChI is InChI=1S/C20H25N3O2/c1-13(2)18(14-6-4-3-5-7-14)20(24)23-10-15(11-23)19-16-12-25-9-8-17(16)21-22-19/h3-7,13,15,18H,8-12H2,1-2H3,(H,21,22). The Hall–Kier alpha value is -2.14. The summed E-state index contributed by atoms with van der Waals surface area (Å²) >= 11 is 0. The fraction of sp³-hybridized carbons (Fsp3) is 0.500. The first-order chi connectivity index (χ1) is 12.1. The number of carbonyl (C=O) groups excluding carboxylic acids is 1. The summed E-state index contributed by atoms with van der Waals surface area (Å²) in [5.74, 6) is 0.770. The van der Waals surface area contributed by atoms with Crippen molar-refractivity contribution in [2.45, 2.75) is 38.7 Å². The summed E-state index contributed by atoms with van der Waals surface area (Å²) in [6.45, 7) is 7.15. The Morgan fingerprint density at radius 2 is 2.04 bits per heavy atom. The van der Waals surface area contributed by atoms with Crippen molar-refractivity contribution in [1.29, 1.82) is 0 Å². The molecule has 1 fully saturated rings. The number of nitrogens with one attached hydrogen (secondary N) is 1. The SMILES string of the molecule is CC(C)C(C(=O)N1CC(c2n[nH]c3c2COCC3)C1)c1ccccc1. The molecule has 2 aliphatic rings. The Kier molecular flexibility index (Phi) is 4.34. The van der Waals surface area contributed by atoms with Crippen LogP contribution in [-0.2, 0) is 22.6 Å². The van der Waals surface area contributed by atoms with Gasteiger partial charge < -0.3 is 9.64 Å². The van der Waals surface area contributed by atoms with Crippen LogP contribution in [0.5, 0.6) is 0 Å². The minimum atomic E-state index is -0.0708. The lowest BCUT2D eigenvalue weighted by atomic mass is 9.84. The monoisotopic (exact) mass is 339 g/mol. The van der Waals surface area contributed by atoms with Gasteiger partial charge in [-0.15, -0.1) is 0 Å². The highest BCUT2D eigenvalue weighted by molar-refractivity contribution is 5.85. The molecule has 25 heavy (non-hydrogen) atoms. The van der Waals surface area contributed by atoms with Crippen molar-refractivity contribution in [3.05, 3.63) is 52.8 Å². The number of aromatic amines is 1. The second-order valence-corrected chi connectivity index (χ2v) is 7.44. The van der Waals surface area contributed by atoms with Crippen LogP contribution in [0.4, 0.5) is 0 Å². The third-order valence-corrected chi connectivity index (χ3v) is 5.40. The van der Waals surface area contributed by atoms with E-state index in [0.717, 1.165) is 37.4 Å². The molecule has 0 spiro atoms. The second-order valence-electron chi connectivity index (χ2n) is 7.44. The maximum absolute atomic E-state index is 13.0. The number of amides is 1.